The molecule has 6 nitrogen and oxygen atoms in total. The lowest BCUT2D eigenvalue weighted by molar-refractivity contribution is -0.143. The second-order valence-corrected chi connectivity index (χ2v) is 6.88. The molecule has 128 valence electrons. The number of nitrogens with zero attached hydrogens (tertiary/aromatic N) is 2. The van der Waals surface area contributed by atoms with E-state index in [2.05, 4.69) is 18.7 Å². The Balaban J connectivity index is 2.54. The van der Waals surface area contributed by atoms with Crippen molar-refractivity contribution in [2.24, 2.45) is 0 Å². The Morgan fingerprint density at radius 1 is 1.14 bits per heavy atom. The molecule has 0 aromatic rings. The number of piperazine rings is 1. The second kappa shape index (κ2) is 7.81. The number of hydrogen-bond donors (Lipinski definition) is 0. The second-order valence-electron chi connectivity index (χ2n) is 6.88. The van der Waals surface area contributed by atoms with Crippen LogP contribution in [0.5, 0.6) is 0 Å². The fraction of sp³-hybridized carbons (Fsp3) is 0.875. The molecule has 1 rings (SSSR count). The van der Waals surface area contributed by atoms with Crippen molar-refractivity contribution in [3.05, 3.63) is 0 Å². The van der Waals surface area contributed by atoms with Gasteiger partial charge in [0.15, 0.2) is 0 Å². The zero-order chi connectivity index (χ0) is 16.9. The molecule has 0 saturated carbocycles. The van der Waals surface area contributed by atoms with E-state index in [4.69, 9.17) is 9.47 Å². The average molecular weight is 314 g/mol. The summed E-state index contributed by atoms with van der Waals surface area (Å²) < 4.78 is 10.4. The van der Waals surface area contributed by atoms with Crippen LogP contribution in [-0.4, -0.2) is 65.8 Å². The molecule has 22 heavy (non-hydrogen) atoms. The fourth-order valence-electron chi connectivity index (χ4n) is 2.73. The van der Waals surface area contributed by atoms with Gasteiger partial charge in [-0.05, 0) is 41.5 Å². The summed E-state index contributed by atoms with van der Waals surface area (Å²) in [5.41, 5.74) is -0.482. The summed E-state index contributed by atoms with van der Waals surface area (Å²) in [4.78, 5) is 27.7. The Morgan fingerprint density at radius 3 is 2.14 bits per heavy atom. The molecule has 1 aliphatic heterocycles. The van der Waals surface area contributed by atoms with E-state index in [1.54, 1.807) is 4.90 Å². The minimum absolute atomic E-state index is 0.170. The predicted octanol–water partition coefficient (Wildman–Crippen LogP) is 2.27. The summed E-state index contributed by atoms with van der Waals surface area (Å²) in [7, 11) is 0. The van der Waals surface area contributed by atoms with Crippen LogP contribution in [0.15, 0.2) is 0 Å². The van der Waals surface area contributed by atoms with Gasteiger partial charge < -0.3 is 14.4 Å². The molecule has 1 heterocycles. The van der Waals surface area contributed by atoms with Gasteiger partial charge in [0.1, 0.15) is 5.60 Å². The van der Waals surface area contributed by atoms with Crippen LogP contribution in [0.1, 0.15) is 48.0 Å². The quantitative estimate of drug-likeness (QED) is 0.745. The van der Waals surface area contributed by atoms with Crippen molar-refractivity contribution >= 4 is 12.1 Å². The molecule has 2 unspecified atom stereocenters. The largest absolute Gasteiger partial charge is 0.466 e. The highest BCUT2D eigenvalue weighted by Gasteiger charge is 2.33. The van der Waals surface area contributed by atoms with Crippen LogP contribution < -0.4 is 0 Å². The smallest absolute Gasteiger partial charge is 0.410 e. The standard InChI is InChI=1S/C16H30N2O4/c1-7-21-14(19)8-9-18-12(2)10-17(11-13(18)3)15(20)22-16(4,5)6/h12-13H,7-11H2,1-6H3. The van der Waals surface area contributed by atoms with Crippen LogP contribution in [0, 0.1) is 0 Å². The fourth-order valence-corrected chi connectivity index (χ4v) is 2.73. The van der Waals surface area contributed by atoms with Crippen molar-refractivity contribution in [2.75, 3.05) is 26.2 Å². The zero-order valence-electron chi connectivity index (χ0n) is 14.7. The molecule has 0 spiro atoms. The molecule has 0 aromatic heterocycles. The highest BCUT2D eigenvalue weighted by Crippen LogP contribution is 2.19. The Morgan fingerprint density at radius 2 is 1.68 bits per heavy atom. The average Bonchev–Trinajstić information content (AvgIpc) is 2.35. The molecule has 2 atom stereocenters. The van der Waals surface area contributed by atoms with Crippen molar-refractivity contribution in [3.8, 4) is 0 Å². The van der Waals surface area contributed by atoms with Crippen LogP contribution in [0.4, 0.5) is 4.79 Å². The third-order valence-corrected chi connectivity index (χ3v) is 3.63. The highest BCUT2D eigenvalue weighted by atomic mass is 16.6. The molecule has 0 N–H and O–H groups in total. The van der Waals surface area contributed by atoms with Gasteiger partial charge in [0.25, 0.3) is 0 Å². The van der Waals surface area contributed by atoms with Crippen molar-refractivity contribution in [3.63, 3.8) is 0 Å². The van der Waals surface area contributed by atoms with Crippen LogP contribution in [0.2, 0.25) is 0 Å². The summed E-state index contributed by atoms with van der Waals surface area (Å²) in [5.74, 6) is -0.170. The Labute approximate surface area is 133 Å². The van der Waals surface area contributed by atoms with Crippen molar-refractivity contribution in [2.45, 2.75) is 65.6 Å². The Kier molecular flexibility index (Phi) is 6.66. The Bertz CT molecular complexity index is 380. The maximum absolute atomic E-state index is 12.2. The first-order valence-electron chi connectivity index (χ1n) is 8.03. The number of carbonyl (C=O) groups is 2. The van der Waals surface area contributed by atoms with Gasteiger partial charge in [-0.25, -0.2) is 4.79 Å². The number of ether oxygens (including phenoxy) is 2. The van der Waals surface area contributed by atoms with Crippen LogP contribution in [0.3, 0.4) is 0 Å². The minimum Gasteiger partial charge on any atom is -0.466 e. The van der Waals surface area contributed by atoms with Crippen molar-refractivity contribution in [1.29, 1.82) is 0 Å². The van der Waals surface area contributed by atoms with Gasteiger partial charge in [-0.3, -0.25) is 9.69 Å². The first-order chi connectivity index (χ1) is 10.1. The van der Waals surface area contributed by atoms with Gasteiger partial charge >= 0.3 is 12.1 Å². The number of hydrogen-bond acceptors (Lipinski definition) is 5. The summed E-state index contributed by atoms with van der Waals surface area (Å²) in [6.45, 7) is 13.8. The van der Waals surface area contributed by atoms with E-state index in [9.17, 15) is 9.59 Å². The van der Waals surface area contributed by atoms with Gasteiger partial charge in [-0.15, -0.1) is 0 Å². The lowest BCUT2D eigenvalue weighted by atomic mass is 10.1. The Hall–Kier alpha value is -1.30. The third-order valence-electron chi connectivity index (χ3n) is 3.63. The number of carbonyl (C=O) groups excluding carboxylic acids is 2. The van der Waals surface area contributed by atoms with Gasteiger partial charge in [-0.1, -0.05) is 0 Å². The van der Waals surface area contributed by atoms with Crippen molar-refractivity contribution in [1.82, 2.24) is 9.80 Å². The van der Waals surface area contributed by atoms with Crippen LogP contribution in [-0.2, 0) is 14.3 Å². The SMILES string of the molecule is CCOC(=O)CCN1C(C)CN(C(=O)OC(C)(C)C)CC1C. The maximum Gasteiger partial charge on any atom is 0.410 e. The lowest BCUT2D eigenvalue weighted by Gasteiger charge is -2.44. The molecule has 1 saturated heterocycles. The molecular formula is C16H30N2O4. The van der Waals surface area contributed by atoms with Gasteiger partial charge in [0.2, 0.25) is 0 Å². The molecular weight excluding hydrogens is 284 g/mol. The summed E-state index contributed by atoms with van der Waals surface area (Å²) >= 11 is 0. The van der Waals surface area contributed by atoms with Gasteiger partial charge in [0.05, 0.1) is 13.0 Å². The van der Waals surface area contributed by atoms with E-state index < -0.39 is 5.60 Å². The number of amides is 1. The van der Waals surface area contributed by atoms with Gasteiger partial charge in [-0.2, -0.15) is 0 Å². The molecule has 0 radical (unpaired) electrons. The van der Waals surface area contributed by atoms with Crippen LogP contribution >= 0.6 is 0 Å². The molecule has 0 aliphatic carbocycles. The van der Waals surface area contributed by atoms with E-state index in [-0.39, 0.29) is 24.1 Å². The predicted molar refractivity (Wildman–Crippen MR) is 84.7 cm³/mol. The molecule has 0 bridgehead atoms. The monoisotopic (exact) mass is 314 g/mol. The number of rotatable bonds is 4. The van der Waals surface area contributed by atoms with E-state index >= 15 is 0 Å². The molecule has 1 aliphatic rings. The summed E-state index contributed by atoms with van der Waals surface area (Å²) in [6.07, 6.45) is 0.117. The minimum atomic E-state index is -0.482. The van der Waals surface area contributed by atoms with E-state index in [0.717, 1.165) is 0 Å². The topological polar surface area (TPSA) is 59.1 Å². The zero-order valence-corrected chi connectivity index (χ0v) is 14.7. The lowest BCUT2D eigenvalue weighted by Crippen LogP contribution is -2.58. The maximum atomic E-state index is 12.2. The summed E-state index contributed by atoms with van der Waals surface area (Å²) in [6, 6.07) is 0.372. The van der Waals surface area contributed by atoms with Crippen molar-refractivity contribution < 1.29 is 19.1 Å². The van der Waals surface area contributed by atoms with Crippen LogP contribution in [0.25, 0.3) is 0 Å². The highest BCUT2D eigenvalue weighted by molar-refractivity contribution is 5.69. The molecule has 1 amide bonds. The van der Waals surface area contributed by atoms with Gasteiger partial charge in [0, 0.05) is 31.7 Å². The normalized spacial score (nSPS) is 23.3. The molecule has 0 aromatic carbocycles. The molecule has 1 fully saturated rings. The summed E-state index contributed by atoms with van der Waals surface area (Å²) in [5, 5.41) is 0. The molecule has 6 heteroatoms. The number of esters is 1. The first-order valence-corrected chi connectivity index (χ1v) is 8.03. The first kappa shape index (κ1) is 18.7. The van der Waals surface area contributed by atoms with E-state index in [1.165, 1.54) is 0 Å². The van der Waals surface area contributed by atoms with E-state index in [0.29, 0.717) is 32.7 Å². The third kappa shape index (κ3) is 5.83. The van der Waals surface area contributed by atoms with E-state index in [1.807, 2.05) is 27.7 Å².